The van der Waals surface area contributed by atoms with Crippen LogP contribution in [-0.2, 0) is 11.2 Å². The van der Waals surface area contributed by atoms with Crippen LogP contribution in [0.3, 0.4) is 0 Å². The van der Waals surface area contributed by atoms with Crippen LogP contribution in [0.5, 0.6) is 34.5 Å². The van der Waals surface area contributed by atoms with Gasteiger partial charge in [0.05, 0.1) is 34.0 Å². The van der Waals surface area contributed by atoms with Gasteiger partial charge in [0.15, 0.2) is 23.0 Å². The van der Waals surface area contributed by atoms with E-state index in [2.05, 4.69) is 13.8 Å². The summed E-state index contributed by atoms with van der Waals surface area (Å²) in [5, 5.41) is 0. The van der Waals surface area contributed by atoms with Gasteiger partial charge in [0.2, 0.25) is 18.3 Å². The first-order valence-electron chi connectivity index (χ1n) is 12.5. The van der Waals surface area contributed by atoms with Crippen molar-refractivity contribution in [2.75, 3.05) is 35.2 Å². The maximum absolute atomic E-state index is 13.3. The van der Waals surface area contributed by atoms with Gasteiger partial charge in [0, 0.05) is 22.6 Å². The number of esters is 1. The minimum Gasteiger partial charge on any atom is -0.493 e. The fraction of sp³-hybridized carbons (Fsp3) is 0.367. The Balaban J connectivity index is 1.82. The molecule has 38 heavy (non-hydrogen) atoms. The van der Waals surface area contributed by atoms with Crippen LogP contribution < -0.4 is 28.4 Å². The fourth-order valence-corrected chi connectivity index (χ4v) is 5.39. The molecule has 200 valence electrons. The second-order valence-electron chi connectivity index (χ2n) is 9.52. The molecular weight excluding hydrogens is 488 g/mol. The molecule has 0 bridgehead atoms. The van der Waals surface area contributed by atoms with Gasteiger partial charge in [0.25, 0.3) is 0 Å². The Morgan fingerprint density at radius 2 is 1.55 bits per heavy atom. The van der Waals surface area contributed by atoms with Crippen molar-refractivity contribution >= 4 is 5.97 Å². The molecule has 1 aliphatic heterocycles. The van der Waals surface area contributed by atoms with Crippen LogP contribution in [0.25, 0.3) is 11.1 Å². The van der Waals surface area contributed by atoms with Crippen molar-refractivity contribution in [3.63, 3.8) is 0 Å². The molecule has 0 unspecified atom stereocenters. The van der Waals surface area contributed by atoms with E-state index in [0.29, 0.717) is 52.0 Å². The molecule has 8 nitrogen and oxygen atoms in total. The molecule has 0 aromatic heterocycles. The lowest BCUT2D eigenvalue weighted by molar-refractivity contribution is 0.00701. The Hall–Kier alpha value is -4.07. The van der Waals surface area contributed by atoms with Crippen LogP contribution in [0.1, 0.15) is 41.4 Å². The van der Waals surface area contributed by atoms with Gasteiger partial charge in [-0.2, -0.15) is 0 Å². The van der Waals surface area contributed by atoms with E-state index in [-0.39, 0.29) is 18.6 Å². The van der Waals surface area contributed by atoms with Gasteiger partial charge >= 0.3 is 5.97 Å². The zero-order valence-corrected chi connectivity index (χ0v) is 22.5. The van der Waals surface area contributed by atoms with Crippen molar-refractivity contribution in [3.05, 3.63) is 59.2 Å². The van der Waals surface area contributed by atoms with E-state index in [0.717, 1.165) is 16.7 Å². The molecule has 0 saturated heterocycles. The highest BCUT2D eigenvalue weighted by Gasteiger charge is 2.40. The zero-order chi connectivity index (χ0) is 27.0. The van der Waals surface area contributed by atoms with Crippen LogP contribution in [0, 0.1) is 11.8 Å². The van der Waals surface area contributed by atoms with Crippen molar-refractivity contribution in [2.24, 2.45) is 11.8 Å². The smallest absolute Gasteiger partial charge is 0.338 e. The first kappa shape index (κ1) is 25.6. The zero-order valence-electron chi connectivity index (χ0n) is 22.5. The van der Waals surface area contributed by atoms with Gasteiger partial charge < -0.3 is 33.2 Å². The molecule has 0 fully saturated rings. The summed E-state index contributed by atoms with van der Waals surface area (Å²) < 4.78 is 41.2. The third kappa shape index (κ3) is 4.14. The summed E-state index contributed by atoms with van der Waals surface area (Å²) >= 11 is 0. The van der Waals surface area contributed by atoms with Crippen molar-refractivity contribution in [3.8, 4) is 45.6 Å². The second kappa shape index (κ2) is 10.4. The summed E-state index contributed by atoms with van der Waals surface area (Å²) in [4.78, 5) is 13.3. The van der Waals surface area contributed by atoms with Crippen LogP contribution in [-0.4, -0.2) is 41.2 Å². The summed E-state index contributed by atoms with van der Waals surface area (Å²) in [6, 6.07) is 12.9. The maximum atomic E-state index is 13.3. The van der Waals surface area contributed by atoms with E-state index >= 15 is 0 Å². The molecule has 2 aliphatic rings. The number of ether oxygens (including phenoxy) is 7. The van der Waals surface area contributed by atoms with Crippen LogP contribution in [0.2, 0.25) is 0 Å². The number of carbonyl (C=O) groups is 1. The van der Waals surface area contributed by atoms with E-state index in [1.165, 1.54) is 0 Å². The third-order valence-electron chi connectivity index (χ3n) is 7.48. The standard InChI is InChI=1S/C30H32O8/c1-16-12-19-13-21(32-3)26(33-4)28(34-5)23(19)24-20(14-22-27(29(24)35-6)37-15-36-22)25(17(16)2)38-30(31)18-10-8-7-9-11-18/h7-11,13-14,16-17,25H,12,15H2,1-6H3/t16-,17-,25+/m0/s1. The van der Waals surface area contributed by atoms with E-state index in [1.807, 2.05) is 30.3 Å². The Kier molecular flexibility index (Phi) is 6.97. The van der Waals surface area contributed by atoms with Gasteiger partial charge in [0.1, 0.15) is 6.10 Å². The molecule has 0 radical (unpaired) electrons. The van der Waals surface area contributed by atoms with Crippen molar-refractivity contribution in [1.82, 2.24) is 0 Å². The monoisotopic (exact) mass is 520 g/mol. The lowest BCUT2D eigenvalue weighted by atomic mass is 9.75. The molecule has 1 aliphatic carbocycles. The number of benzene rings is 3. The predicted octanol–water partition coefficient (Wildman–Crippen LogP) is 5.84. The molecule has 0 saturated carbocycles. The molecule has 0 amide bonds. The number of hydrogen-bond donors (Lipinski definition) is 0. The van der Waals surface area contributed by atoms with Crippen molar-refractivity contribution < 1.29 is 38.0 Å². The first-order valence-corrected chi connectivity index (χ1v) is 12.5. The number of hydrogen-bond acceptors (Lipinski definition) is 8. The summed E-state index contributed by atoms with van der Waals surface area (Å²) in [7, 11) is 6.35. The highest BCUT2D eigenvalue weighted by atomic mass is 16.7. The normalized spacial score (nSPS) is 19.4. The topological polar surface area (TPSA) is 81.7 Å². The van der Waals surface area contributed by atoms with E-state index in [9.17, 15) is 4.79 Å². The summed E-state index contributed by atoms with van der Waals surface area (Å²) in [6.45, 7) is 4.30. The predicted molar refractivity (Wildman–Crippen MR) is 141 cm³/mol. The number of fused-ring (bicyclic) bond motifs is 4. The van der Waals surface area contributed by atoms with E-state index < -0.39 is 12.1 Å². The SMILES string of the molecule is COc1cc2c(c(OC)c1OC)-c1c(cc3c(c1OC)OCO3)[C@H](OC(=O)c1ccccc1)[C@@H](C)[C@@H](C)C2. The Morgan fingerprint density at radius 3 is 2.21 bits per heavy atom. The lowest BCUT2D eigenvalue weighted by Crippen LogP contribution is -2.26. The molecule has 0 spiro atoms. The molecule has 5 rings (SSSR count). The number of methoxy groups -OCH3 is 4. The highest BCUT2D eigenvalue weighted by Crippen LogP contribution is 2.58. The number of carbonyl (C=O) groups excluding carboxylic acids is 1. The lowest BCUT2D eigenvalue weighted by Gasteiger charge is -2.35. The minimum atomic E-state index is -0.609. The molecule has 0 N–H and O–H groups in total. The van der Waals surface area contributed by atoms with Gasteiger partial charge in [-0.1, -0.05) is 32.0 Å². The second-order valence-corrected chi connectivity index (χ2v) is 9.52. The quantitative estimate of drug-likeness (QED) is 0.375. The molecular formula is C30H32O8. The first-order chi connectivity index (χ1) is 18.4. The maximum Gasteiger partial charge on any atom is 0.338 e. The van der Waals surface area contributed by atoms with Gasteiger partial charge in [-0.05, 0) is 42.2 Å². The Labute approximate surface area is 222 Å². The van der Waals surface area contributed by atoms with Gasteiger partial charge in [-0.25, -0.2) is 4.79 Å². The van der Waals surface area contributed by atoms with Crippen LogP contribution in [0.4, 0.5) is 0 Å². The van der Waals surface area contributed by atoms with Gasteiger partial charge in [-0.3, -0.25) is 0 Å². The highest BCUT2D eigenvalue weighted by molar-refractivity contribution is 5.91. The van der Waals surface area contributed by atoms with Gasteiger partial charge in [-0.15, -0.1) is 0 Å². The van der Waals surface area contributed by atoms with Crippen LogP contribution in [0.15, 0.2) is 42.5 Å². The van der Waals surface area contributed by atoms with Crippen LogP contribution >= 0.6 is 0 Å². The average Bonchev–Trinajstić information content (AvgIpc) is 3.42. The van der Waals surface area contributed by atoms with E-state index in [4.69, 9.17) is 33.2 Å². The number of rotatable bonds is 6. The largest absolute Gasteiger partial charge is 0.493 e. The molecule has 3 aromatic carbocycles. The van der Waals surface area contributed by atoms with Crippen molar-refractivity contribution in [2.45, 2.75) is 26.4 Å². The van der Waals surface area contributed by atoms with Crippen molar-refractivity contribution in [1.29, 1.82) is 0 Å². The summed E-state index contributed by atoms with van der Waals surface area (Å²) in [5.41, 5.74) is 3.68. The molecule has 3 atom stereocenters. The Morgan fingerprint density at radius 1 is 0.842 bits per heavy atom. The Bertz CT molecular complexity index is 1350. The fourth-order valence-electron chi connectivity index (χ4n) is 5.39. The average molecular weight is 521 g/mol. The summed E-state index contributed by atoms with van der Waals surface area (Å²) in [5.74, 6) is 2.67. The molecule has 3 aromatic rings. The minimum absolute atomic E-state index is 0.0567. The van der Waals surface area contributed by atoms with E-state index in [1.54, 1.807) is 40.6 Å². The molecule has 1 heterocycles. The third-order valence-corrected chi connectivity index (χ3v) is 7.48. The molecule has 8 heteroatoms. The summed E-state index contributed by atoms with van der Waals surface area (Å²) in [6.07, 6.45) is 0.0611.